The molecule has 1 aromatic carbocycles. The van der Waals surface area contributed by atoms with Crippen LogP contribution in [0.1, 0.15) is 25.7 Å². The Balaban J connectivity index is 1.43. The van der Waals surface area contributed by atoms with Crippen LogP contribution in [0.2, 0.25) is 0 Å². The van der Waals surface area contributed by atoms with Gasteiger partial charge in [-0.05, 0) is 55.2 Å². The number of rotatable bonds is 8. The van der Waals surface area contributed by atoms with Crippen LogP contribution in [0.25, 0.3) is 10.8 Å². The van der Waals surface area contributed by atoms with Crippen molar-refractivity contribution in [2.24, 2.45) is 5.92 Å². The SMILES string of the molecule is COc1cc2ccnc(NC3CC(N(CC(=O)O)CC4CC4)C3)c2cc1F. The lowest BCUT2D eigenvalue weighted by Gasteiger charge is -2.43. The Labute approximate surface area is 157 Å². The zero-order valence-corrected chi connectivity index (χ0v) is 15.3. The number of carboxylic acid groups (broad SMARTS) is 1. The number of nitrogens with zero attached hydrogens (tertiary/aromatic N) is 2. The molecule has 0 aliphatic heterocycles. The molecule has 0 atom stereocenters. The summed E-state index contributed by atoms with van der Waals surface area (Å²) in [5.74, 6) is 0.350. The molecular formula is C20H24FN3O3. The summed E-state index contributed by atoms with van der Waals surface area (Å²) in [4.78, 5) is 17.6. The maximum Gasteiger partial charge on any atom is 0.317 e. The molecule has 2 fully saturated rings. The Kier molecular flexibility index (Phi) is 4.86. The van der Waals surface area contributed by atoms with Crippen molar-refractivity contribution in [2.75, 3.05) is 25.5 Å². The predicted molar refractivity (Wildman–Crippen MR) is 101 cm³/mol. The summed E-state index contributed by atoms with van der Waals surface area (Å²) in [6.45, 7) is 0.979. The molecule has 1 aromatic heterocycles. The number of nitrogens with one attached hydrogen (secondary N) is 1. The fraction of sp³-hybridized carbons (Fsp3) is 0.500. The molecule has 27 heavy (non-hydrogen) atoms. The minimum absolute atomic E-state index is 0.103. The van der Waals surface area contributed by atoms with Gasteiger partial charge >= 0.3 is 5.97 Å². The number of fused-ring (bicyclic) bond motifs is 1. The van der Waals surface area contributed by atoms with Crippen molar-refractivity contribution in [1.82, 2.24) is 9.88 Å². The van der Waals surface area contributed by atoms with Gasteiger partial charge in [-0.1, -0.05) is 0 Å². The van der Waals surface area contributed by atoms with Gasteiger partial charge in [0.2, 0.25) is 0 Å². The molecule has 0 radical (unpaired) electrons. The second-order valence-electron chi connectivity index (χ2n) is 7.60. The number of hydrogen-bond donors (Lipinski definition) is 2. The second-order valence-corrected chi connectivity index (χ2v) is 7.60. The third kappa shape index (κ3) is 3.98. The number of methoxy groups -OCH3 is 1. The Morgan fingerprint density at radius 3 is 2.85 bits per heavy atom. The summed E-state index contributed by atoms with van der Waals surface area (Å²) in [7, 11) is 1.45. The van der Waals surface area contributed by atoms with Crippen LogP contribution in [0.15, 0.2) is 24.4 Å². The molecule has 0 spiro atoms. The summed E-state index contributed by atoms with van der Waals surface area (Å²) in [5, 5.41) is 14.1. The van der Waals surface area contributed by atoms with Gasteiger partial charge < -0.3 is 15.2 Å². The van der Waals surface area contributed by atoms with Gasteiger partial charge in [0, 0.05) is 30.2 Å². The molecule has 2 N–H and O–H groups in total. The standard InChI is InChI=1S/C20H24FN3O3/c1-27-18-6-13-4-5-22-20(16(13)9-17(18)21)23-14-7-15(8-14)24(11-19(25)26)10-12-2-3-12/h4-6,9,12,14-15H,2-3,7-8,10-11H2,1H3,(H,22,23)(H,25,26). The average Bonchev–Trinajstić information content (AvgIpc) is 3.40. The summed E-state index contributed by atoms with van der Waals surface area (Å²) >= 11 is 0. The largest absolute Gasteiger partial charge is 0.494 e. The van der Waals surface area contributed by atoms with Crippen LogP contribution >= 0.6 is 0 Å². The predicted octanol–water partition coefficient (Wildman–Crippen LogP) is 3.12. The van der Waals surface area contributed by atoms with Crippen LogP contribution in [-0.4, -0.2) is 53.2 Å². The number of benzene rings is 1. The maximum atomic E-state index is 14.1. The zero-order valence-electron chi connectivity index (χ0n) is 15.3. The molecule has 4 rings (SSSR count). The first-order valence-corrected chi connectivity index (χ1v) is 9.38. The third-order valence-electron chi connectivity index (χ3n) is 5.54. The van der Waals surface area contributed by atoms with E-state index in [9.17, 15) is 9.18 Å². The van der Waals surface area contributed by atoms with Crippen molar-refractivity contribution in [3.05, 3.63) is 30.2 Å². The van der Waals surface area contributed by atoms with Crippen LogP contribution in [-0.2, 0) is 4.79 Å². The fourth-order valence-electron chi connectivity index (χ4n) is 3.79. The number of hydrogen-bond acceptors (Lipinski definition) is 5. The monoisotopic (exact) mass is 373 g/mol. The van der Waals surface area contributed by atoms with E-state index in [0.29, 0.717) is 11.7 Å². The summed E-state index contributed by atoms with van der Waals surface area (Å²) < 4.78 is 19.2. The Bertz CT molecular complexity index is 850. The van der Waals surface area contributed by atoms with Crippen molar-refractivity contribution >= 4 is 22.6 Å². The molecule has 2 saturated carbocycles. The first-order chi connectivity index (χ1) is 13.0. The Hall–Kier alpha value is -2.41. The van der Waals surface area contributed by atoms with E-state index in [-0.39, 0.29) is 24.4 Å². The zero-order chi connectivity index (χ0) is 19.0. The first kappa shape index (κ1) is 18.0. The average molecular weight is 373 g/mol. The van der Waals surface area contributed by atoms with Gasteiger partial charge in [-0.2, -0.15) is 0 Å². The number of anilines is 1. The van der Waals surface area contributed by atoms with E-state index in [1.54, 1.807) is 12.3 Å². The minimum atomic E-state index is -0.771. The van der Waals surface area contributed by atoms with Gasteiger partial charge in [-0.25, -0.2) is 9.37 Å². The van der Waals surface area contributed by atoms with Gasteiger partial charge in [0.05, 0.1) is 13.7 Å². The Morgan fingerprint density at radius 2 is 2.19 bits per heavy atom. The maximum absolute atomic E-state index is 14.1. The normalized spacial score (nSPS) is 21.9. The number of ether oxygens (including phenoxy) is 1. The number of pyridine rings is 1. The van der Waals surface area contributed by atoms with Crippen molar-refractivity contribution in [3.63, 3.8) is 0 Å². The van der Waals surface area contributed by atoms with E-state index < -0.39 is 11.8 Å². The van der Waals surface area contributed by atoms with E-state index in [2.05, 4.69) is 15.2 Å². The summed E-state index contributed by atoms with van der Waals surface area (Å²) in [5.41, 5.74) is 0. The lowest BCUT2D eigenvalue weighted by Crippen LogP contribution is -2.52. The van der Waals surface area contributed by atoms with E-state index in [1.807, 2.05) is 6.07 Å². The smallest absolute Gasteiger partial charge is 0.317 e. The fourth-order valence-corrected chi connectivity index (χ4v) is 3.79. The van der Waals surface area contributed by atoms with Crippen LogP contribution < -0.4 is 10.1 Å². The molecule has 144 valence electrons. The molecule has 0 unspecified atom stereocenters. The lowest BCUT2D eigenvalue weighted by atomic mass is 9.85. The number of halogens is 1. The minimum Gasteiger partial charge on any atom is -0.494 e. The van der Waals surface area contributed by atoms with Crippen LogP contribution in [0.5, 0.6) is 5.75 Å². The van der Waals surface area contributed by atoms with Gasteiger partial charge in [0.1, 0.15) is 5.82 Å². The van der Waals surface area contributed by atoms with Crippen molar-refractivity contribution in [3.8, 4) is 5.75 Å². The number of aliphatic carboxylic acids is 1. The van der Waals surface area contributed by atoms with E-state index in [4.69, 9.17) is 9.84 Å². The molecule has 1 heterocycles. The second kappa shape index (κ2) is 7.31. The number of carboxylic acids is 1. The molecule has 6 nitrogen and oxygen atoms in total. The van der Waals surface area contributed by atoms with E-state index in [1.165, 1.54) is 26.0 Å². The summed E-state index contributed by atoms with van der Waals surface area (Å²) in [6.07, 6.45) is 5.86. The number of carbonyl (C=O) groups is 1. The number of aromatic nitrogens is 1. The van der Waals surface area contributed by atoms with E-state index in [0.717, 1.165) is 30.2 Å². The van der Waals surface area contributed by atoms with Crippen LogP contribution in [0.4, 0.5) is 10.2 Å². The van der Waals surface area contributed by atoms with E-state index >= 15 is 0 Å². The quantitative estimate of drug-likeness (QED) is 0.741. The highest BCUT2D eigenvalue weighted by Crippen LogP contribution is 2.35. The third-order valence-corrected chi connectivity index (χ3v) is 5.54. The topological polar surface area (TPSA) is 74.7 Å². The highest BCUT2D eigenvalue weighted by Gasteiger charge is 2.37. The van der Waals surface area contributed by atoms with Crippen molar-refractivity contribution in [2.45, 2.75) is 37.8 Å². The van der Waals surface area contributed by atoms with Crippen LogP contribution in [0, 0.1) is 11.7 Å². The molecule has 0 saturated heterocycles. The van der Waals surface area contributed by atoms with Crippen LogP contribution in [0.3, 0.4) is 0 Å². The van der Waals surface area contributed by atoms with Gasteiger partial charge in [-0.3, -0.25) is 9.69 Å². The Morgan fingerprint density at radius 1 is 1.41 bits per heavy atom. The van der Waals surface area contributed by atoms with Crippen molar-refractivity contribution in [1.29, 1.82) is 0 Å². The van der Waals surface area contributed by atoms with Gasteiger partial charge in [-0.15, -0.1) is 0 Å². The molecule has 7 heteroatoms. The van der Waals surface area contributed by atoms with Crippen molar-refractivity contribution < 1.29 is 19.0 Å². The van der Waals surface area contributed by atoms with Gasteiger partial charge in [0.25, 0.3) is 0 Å². The molecular weight excluding hydrogens is 349 g/mol. The highest BCUT2D eigenvalue weighted by molar-refractivity contribution is 5.92. The molecule has 2 aromatic rings. The summed E-state index contributed by atoms with van der Waals surface area (Å²) in [6, 6.07) is 5.45. The first-order valence-electron chi connectivity index (χ1n) is 9.38. The van der Waals surface area contributed by atoms with Gasteiger partial charge in [0.15, 0.2) is 11.6 Å². The highest BCUT2D eigenvalue weighted by atomic mass is 19.1. The lowest BCUT2D eigenvalue weighted by molar-refractivity contribution is -0.139. The molecule has 2 aliphatic rings. The molecule has 0 amide bonds. The molecule has 2 aliphatic carbocycles. The molecule has 0 bridgehead atoms.